The van der Waals surface area contributed by atoms with Crippen LogP contribution in [0.2, 0.25) is 0 Å². The van der Waals surface area contributed by atoms with Gasteiger partial charge in [0.1, 0.15) is 5.88 Å². The molecule has 0 amide bonds. The third kappa shape index (κ3) is 4.11. The van der Waals surface area contributed by atoms with Crippen LogP contribution in [0.3, 0.4) is 0 Å². The van der Waals surface area contributed by atoms with E-state index in [9.17, 15) is 8.76 Å². The third-order valence-electron chi connectivity index (χ3n) is 3.75. The van der Waals surface area contributed by atoms with Crippen molar-refractivity contribution in [1.29, 1.82) is 0 Å². The number of nitrogens with zero attached hydrogens (tertiary/aromatic N) is 1. The Morgan fingerprint density at radius 1 is 1.38 bits per heavy atom. The molecule has 1 aromatic rings. The Balaban J connectivity index is 2.31. The van der Waals surface area contributed by atoms with Gasteiger partial charge >= 0.3 is 0 Å². The van der Waals surface area contributed by atoms with Crippen molar-refractivity contribution in [3.05, 3.63) is 18.2 Å². The molecule has 0 radical (unpaired) electrons. The van der Waals surface area contributed by atoms with Gasteiger partial charge in [-0.25, -0.2) is 4.21 Å². The molecule has 5 nitrogen and oxygen atoms in total. The van der Waals surface area contributed by atoms with Gasteiger partial charge in [0.15, 0.2) is 22.6 Å². The summed E-state index contributed by atoms with van der Waals surface area (Å²) in [4.78, 5) is 1.84. The SMILES string of the molecule is CCN(CS(=O)O)c1cccc(OC)c1OC1CCCC1. The van der Waals surface area contributed by atoms with Crippen molar-refractivity contribution >= 4 is 16.8 Å². The van der Waals surface area contributed by atoms with E-state index < -0.39 is 11.1 Å². The smallest absolute Gasteiger partial charge is 0.184 e. The number of rotatable bonds is 7. The fourth-order valence-electron chi connectivity index (χ4n) is 2.67. The standard InChI is InChI=1S/C15H23NO4S/c1-3-16(11-21(17)18)13-9-6-10-14(19-2)15(13)20-12-7-4-5-8-12/h6,9-10,12H,3-5,7-8,11H2,1-2H3,(H,17,18). The summed E-state index contributed by atoms with van der Waals surface area (Å²) in [6, 6.07) is 5.64. The molecule has 0 spiro atoms. The van der Waals surface area contributed by atoms with Gasteiger partial charge in [-0.3, -0.25) is 0 Å². The molecule has 1 fully saturated rings. The molecule has 1 unspecified atom stereocenters. The zero-order valence-corrected chi connectivity index (χ0v) is 13.4. The first kappa shape index (κ1) is 16.1. The molecule has 1 saturated carbocycles. The Morgan fingerprint density at radius 3 is 2.67 bits per heavy atom. The zero-order chi connectivity index (χ0) is 15.2. The molecule has 2 rings (SSSR count). The van der Waals surface area contributed by atoms with E-state index in [4.69, 9.17) is 9.47 Å². The van der Waals surface area contributed by atoms with Gasteiger partial charge in [0.05, 0.1) is 18.9 Å². The second-order valence-electron chi connectivity index (χ2n) is 5.14. The molecule has 1 aromatic carbocycles. The number of hydrogen-bond acceptors (Lipinski definition) is 4. The molecule has 21 heavy (non-hydrogen) atoms. The highest BCUT2D eigenvalue weighted by atomic mass is 32.2. The number of hydrogen-bond donors (Lipinski definition) is 1. The molecular formula is C15H23NO4S. The lowest BCUT2D eigenvalue weighted by atomic mass is 10.2. The summed E-state index contributed by atoms with van der Waals surface area (Å²) < 4.78 is 31.9. The topological polar surface area (TPSA) is 59.0 Å². The highest BCUT2D eigenvalue weighted by Gasteiger charge is 2.22. The minimum Gasteiger partial charge on any atom is -0.493 e. The highest BCUT2D eigenvalue weighted by Crippen LogP contribution is 2.40. The molecule has 0 heterocycles. The molecular weight excluding hydrogens is 290 g/mol. The average Bonchev–Trinajstić information content (AvgIpc) is 2.98. The normalized spacial score (nSPS) is 16.7. The molecule has 1 N–H and O–H groups in total. The lowest BCUT2D eigenvalue weighted by Crippen LogP contribution is -2.27. The van der Waals surface area contributed by atoms with Crippen LogP contribution in [0.4, 0.5) is 5.69 Å². The van der Waals surface area contributed by atoms with Crippen molar-refractivity contribution < 1.29 is 18.2 Å². The Hall–Kier alpha value is -1.27. The van der Waals surface area contributed by atoms with Crippen molar-refractivity contribution in [3.63, 3.8) is 0 Å². The van der Waals surface area contributed by atoms with Gasteiger partial charge in [-0.2, -0.15) is 0 Å². The van der Waals surface area contributed by atoms with E-state index in [0.717, 1.165) is 18.5 Å². The number of anilines is 1. The molecule has 1 aliphatic carbocycles. The lowest BCUT2D eigenvalue weighted by Gasteiger charge is -2.26. The van der Waals surface area contributed by atoms with Gasteiger partial charge < -0.3 is 18.9 Å². The van der Waals surface area contributed by atoms with Crippen molar-refractivity contribution in [3.8, 4) is 11.5 Å². The zero-order valence-electron chi connectivity index (χ0n) is 12.6. The molecule has 0 aliphatic heterocycles. The molecule has 6 heteroatoms. The number of para-hydroxylation sites is 1. The van der Waals surface area contributed by atoms with Crippen molar-refractivity contribution in [1.82, 2.24) is 0 Å². The first-order valence-electron chi connectivity index (χ1n) is 7.31. The monoisotopic (exact) mass is 313 g/mol. The second kappa shape index (κ2) is 7.66. The number of benzene rings is 1. The van der Waals surface area contributed by atoms with Gasteiger partial charge in [-0.05, 0) is 44.7 Å². The van der Waals surface area contributed by atoms with Crippen LogP contribution >= 0.6 is 0 Å². The first-order valence-corrected chi connectivity index (χ1v) is 8.59. The Bertz CT molecular complexity index is 489. The van der Waals surface area contributed by atoms with Crippen molar-refractivity contribution in [2.75, 3.05) is 24.4 Å². The summed E-state index contributed by atoms with van der Waals surface area (Å²) in [5, 5.41) is 0. The van der Waals surface area contributed by atoms with Gasteiger partial charge in [-0.1, -0.05) is 6.07 Å². The number of methoxy groups -OCH3 is 1. The predicted octanol–water partition coefficient (Wildman–Crippen LogP) is 3.02. The van der Waals surface area contributed by atoms with E-state index in [0.29, 0.717) is 18.0 Å². The van der Waals surface area contributed by atoms with E-state index in [2.05, 4.69) is 0 Å². The van der Waals surface area contributed by atoms with Crippen LogP contribution < -0.4 is 14.4 Å². The van der Waals surface area contributed by atoms with E-state index >= 15 is 0 Å². The van der Waals surface area contributed by atoms with Crippen molar-refractivity contribution in [2.24, 2.45) is 0 Å². The number of ether oxygens (including phenoxy) is 2. The molecule has 1 aliphatic rings. The summed E-state index contributed by atoms with van der Waals surface area (Å²) in [7, 11) is 1.61. The highest BCUT2D eigenvalue weighted by molar-refractivity contribution is 7.79. The largest absolute Gasteiger partial charge is 0.493 e. The summed E-state index contributed by atoms with van der Waals surface area (Å²) in [5.74, 6) is 1.41. The Labute approximate surface area is 128 Å². The lowest BCUT2D eigenvalue weighted by molar-refractivity contribution is 0.201. The second-order valence-corrected chi connectivity index (χ2v) is 6.04. The van der Waals surface area contributed by atoms with E-state index in [-0.39, 0.29) is 12.0 Å². The maximum Gasteiger partial charge on any atom is 0.184 e. The van der Waals surface area contributed by atoms with Crippen molar-refractivity contribution in [2.45, 2.75) is 38.7 Å². The van der Waals surface area contributed by atoms with E-state index in [1.165, 1.54) is 12.8 Å². The predicted molar refractivity (Wildman–Crippen MR) is 84.5 cm³/mol. The van der Waals surface area contributed by atoms with Gasteiger partial charge in [-0.15, -0.1) is 0 Å². The van der Waals surface area contributed by atoms with Gasteiger partial charge in [0.25, 0.3) is 0 Å². The quantitative estimate of drug-likeness (QED) is 0.784. The molecule has 118 valence electrons. The maximum absolute atomic E-state index is 11.1. The fraction of sp³-hybridized carbons (Fsp3) is 0.600. The minimum atomic E-state index is -1.89. The summed E-state index contributed by atoms with van der Waals surface area (Å²) in [6.07, 6.45) is 4.68. The van der Waals surface area contributed by atoms with Crippen LogP contribution in [-0.2, 0) is 11.1 Å². The molecule has 0 aromatic heterocycles. The molecule has 0 bridgehead atoms. The van der Waals surface area contributed by atoms with Crippen LogP contribution in [0.15, 0.2) is 18.2 Å². The Morgan fingerprint density at radius 2 is 2.10 bits per heavy atom. The van der Waals surface area contributed by atoms with E-state index in [1.807, 2.05) is 30.0 Å². The first-order chi connectivity index (χ1) is 10.2. The summed E-state index contributed by atoms with van der Waals surface area (Å²) in [5.41, 5.74) is 0.811. The Kier molecular flexibility index (Phi) is 5.87. The van der Waals surface area contributed by atoms with Crippen LogP contribution in [0.5, 0.6) is 11.5 Å². The average molecular weight is 313 g/mol. The van der Waals surface area contributed by atoms with Crippen LogP contribution in [0.25, 0.3) is 0 Å². The molecule has 1 atom stereocenters. The fourth-order valence-corrected chi connectivity index (χ4v) is 3.26. The van der Waals surface area contributed by atoms with Gasteiger partial charge in [0.2, 0.25) is 0 Å². The maximum atomic E-state index is 11.1. The van der Waals surface area contributed by atoms with E-state index in [1.54, 1.807) is 7.11 Å². The summed E-state index contributed by atoms with van der Waals surface area (Å²) in [6.45, 7) is 2.58. The summed E-state index contributed by atoms with van der Waals surface area (Å²) >= 11 is -1.89. The molecule has 0 saturated heterocycles. The van der Waals surface area contributed by atoms with Crippen LogP contribution in [-0.4, -0.2) is 34.4 Å². The van der Waals surface area contributed by atoms with Crippen LogP contribution in [0, 0.1) is 0 Å². The minimum absolute atomic E-state index is 0.0602. The third-order valence-corrected chi connectivity index (χ3v) is 4.29. The van der Waals surface area contributed by atoms with Gasteiger partial charge in [0, 0.05) is 6.54 Å². The van der Waals surface area contributed by atoms with Crippen LogP contribution in [0.1, 0.15) is 32.6 Å².